The minimum absolute atomic E-state index is 0.0272. The first-order valence-corrected chi connectivity index (χ1v) is 16.0. The van der Waals surface area contributed by atoms with E-state index in [1.54, 1.807) is 29.2 Å². The molecule has 2 unspecified atom stereocenters. The molecule has 9 nitrogen and oxygen atoms in total. The lowest BCUT2D eigenvalue weighted by Gasteiger charge is -2.41. The van der Waals surface area contributed by atoms with Gasteiger partial charge in [-0.15, -0.1) is 0 Å². The van der Waals surface area contributed by atoms with Crippen LogP contribution in [0.2, 0.25) is 5.02 Å². The van der Waals surface area contributed by atoms with Gasteiger partial charge >= 0.3 is 6.01 Å². The lowest BCUT2D eigenvalue weighted by molar-refractivity contribution is -0.131. The normalized spacial score (nSPS) is 21.3. The van der Waals surface area contributed by atoms with Crippen LogP contribution in [0.1, 0.15) is 32.1 Å². The van der Waals surface area contributed by atoms with Gasteiger partial charge in [-0.25, -0.2) is 13.2 Å². The highest BCUT2D eigenvalue weighted by atomic mass is 35.5. The number of carbonyl (C=O) groups excluding carboxylic acids is 1. The molecule has 0 radical (unpaired) electrons. The number of anilines is 1. The molecule has 3 aliphatic rings. The molecule has 0 saturated carbocycles. The summed E-state index contributed by atoms with van der Waals surface area (Å²) in [7, 11) is 0. The zero-order chi connectivity index (χ0) is 32.8. The number of pyridine rings is 1. The van der Waals surface area contributed by atoms with Crippen molar-refractivity contribution in [3.05, 3.63) is 65.6 Å². The number of aromatic nitrogens is 3. The van der Waals surface area contributed by atoms with Crippen molar-refractivity contribution in [3.63, 3.8) is 0 Å². The number of ether oxygens (including phenoxy) is 1. The number of rotatable bonds is 7. The summed E-state index contributed by atoms with van der Waals surface area (Å²) in [6.45, 7) is 4.89. The summed E-state index contributed by atoms with van der Waals surface area (Å²) in [6.07, 6.45) is 5.79. The van der Waals surface area contributed by atoms with E-state index in [1.807, 2.05) is 0 Å². The molecular weight excluding hydrogens is 631 g/mol. The molecule has 13 heteroatoms. The zero-order valence-corrected chi connectivity index (χ0v) is 26.2. The molecule has 1 amide bonds. The van der Waals surface area contributed by atoms with Crippen LogP contribution in [0.5, 0.6) is 6.01 Å². The molecule has 4 aromatic rings. The third-order valence-corrected chi connectivity index (χ3v) is 9.94. The Morgan fingerprint density at radius 1 is 1.11 bits per heavy atom. The van der Waals surface area contributed by atoms with E-state index in [1.165, 1.54) is 23.6 Å². The summed E-state index contributed by atoms with van der Waals surface area (Å²) in [5.74, 6) is -3.07. The van der Waals surface area contributed by atoms with Gasteiger partial charge in [-0.05, 0) is 43.7 Å². The average molecular weight is 662 g/mol. The molecule has 5 heterocycles. The quantitative estimate of drug-likeness (QED) is 0.216. The second-order valence-corrected chi connectivity index (χ2v) is 12.6. The number of piperazine rings is 1. The van der Waals surface area contributed by atoms with Crippen LogP contribution in [0.4, 0.5) is 19.0 Å². The van der Waals surface area contributed by atoms with Gasteiger partial charge in [0.05, 0.1) is 28.9 Å². The van der Waals surface area contributed by atoms with E-state index in [9.17, 15) is 18.8 Å². The number of hydrogen-bond acceptors (Lipinski definition) is 8. The highest BCUT2D eigenvalue weighted by Crippen LogP contribution is 2.39. The first kappa shape index (κ1) is 31.1. The van der Waals surface area contributed by atoms with Crippen LogP contribution >= 0.6 is 11.6 Å². The second-order valence-electron chi connectivity index (χ2n) is 12.2. The summed E-state index contributed by atoms with van der Waals surface area (Å²) in [5.41, 5.74) is 0.173. The molecule has 0 aliphatic carbocycles. The topological polar surface area (TPSA) is 98.5 Å². The van der Waals surface area contributed by atoms with Crippen molar-refractivity contribution in [1.82, 2.24) is 24.8 Å². The number of halogens is 4. The fourth-order valence-corrected chi connectivity index (χ4v) is 7.60. The number of nitriles is 1. The zero-order valence-electron chi connectivity index (χ0n) is 25.4. The van der Waals surface area contributed by atoms with E-state index >= 15 is 4.39 Å². The number of hydrogen-bond donors (Lipinski definition) is 0. The van der Waals surface area contributed by atoms with Gasteiger partial charge in [0.15, 0.2) is 11.6 Å². The average Bonchev–Trinajstić information content (AvgIpc) is 3.70. The molecule has 3 saturated heterocycles. The number of benzene rings is 2. The minimum Gasteiger partial charge on any atom is -0.462 e. The minimum atomic E-state index is -1.11. The van der Waals surface area contributed by atoms with Crippen LogP contribution in [0.3, 0.4) is 0 Å². The van der Waals surface area contributed by atoms with Gasteiger partial charge < -0.3 is 14.5 Å². The van der Waals surface area contributed by atoms with Gasteiger partial charge in [0.1, 0.15) is 29.5 Å². The van der Waals surface area contributed by atoms with Gasteiger partial charge in [-0.3, -0.25) is 14.7 Å². The van der Waals surface area contributed by atoms with Gasteiger partial charge in [-0.1, -0.05) is 42.4 Å². The predicted molar refractivity (Wildman–Crippen MR) is 172 cm³/mol. The summed E-state index contributed by atoms with van der Waals surface area (Å²) in [5, 5.41) is 10.6. The number of fused-ring (bicyclic) bond motifs is 3. The summed E-state index contributed by atoms with van der Waals surface area (Å²) in [4.78, 5) is 31.8. The van der Waals surface area contributed by atoms with E-state index < -0.39 is 29.4 Å². The Labute approximate surface area is 274 Å². The first-order chi connectivity index (χ1) is 22.7. The van der Waals surface area contributed by atoms with Gasteiger partial charge in [0, 0.05) is 48.9 Å². The molecule has 3 aliphatic heterocycles. The third-order valence-electron chi connectivity index (χ3n) is 9.57. The van der Waals surface area contributed by atoms with Crippen molar-refractivity contribution in [2.45, 2.75) is 50.2 Å². The van der Waals surface area contributed by atoms with Crippen molar-refractivity contribution >= 4 is 45.0 Å². The van der Waals surface area contributed by atoms with Gasteiger partial charge in [-0.2, -0.15) is 15.2 Å². The highest BCUT2D eigenvalue weighted by molar-refractivity contribution is 6.36. The molecule has 2 aromatic heterocycles. The molecule has 3 atom stereocenters. The van der Waals surface area contributed by atoms with E-state index in [4.69, 9.17) is 21.3 Å². The maximum Gasteiger partial charge on any atom is 0.319 e. The van der Waals surface area contributed by atoms with Crippen LogP contribution in [0, 0.1) is 23.0 Å². The summed E-state index contributed by atoms with van der Waals surface area (Å²) >= 11 is 6.38. The highest BCUT2D eigenvalue weighted by Gasteiger charge is 2.37. The van der Waals surface area contributed by atoms with Crippen LogP contribution in [-0.2, 0) is 4.79 Å². The Morgan fingerprint density at radius 2 is 1.96 bits per heavy atom. The van der Waals surface area contributed by atoms with Crippen molar-refractivity contribution in [2.24, 2.45) is 0 Å². The van der Waals surface area contributed by atoms with Gasteiger partial charge in [0.25, 0.3) is 5.91 Å². The SMILES string of the molecule is C=C(F)C(=O)N1CCN(c2nc(OCC3CCC4CCCN43)nc3c(F)c(-c4cccc5ccc(F)c(Cl)c45)ncc23)C[C@@H]1CC#N. The molecule has 0 spiro atoms. The smallest absolute Gasteiger partial charge is 0.319 e. The number of carbonyl (C=O) groups is 1. The molecule has 0 N–H and O–H groups in total. The molecule has 3 fully saturated rings. The molecule has 2 aromatic carbocycles. The van der Waals surface area contributed by atoms with Crippen LogP contribution in [0.15, 0.2) is 48.9 Å². The third kappa shape index (κ3) is 5.61. The van der Waals surface area contributed by atoms with Crippen LogP contribution in [0.25, 0.3) is 32.9 Å². The summed E-state index contributed by atoms with van der Waals surface area (Å²) < 4.78 is 51.3. The van der Waals surface area contributed by atoms with E-state index in [2.05, 4.69) is 27.5 Å². The van der Waals surface area contributed by atoms with E-state index in [-0.39, 0.29) is 59.7 Å². The van der Waals surface area contributed by atoms with Crippen LogP contribution < -0.4 is 9.64 Å². The lowest BCUT2D eigenvalue weighted by Crippen LogP contribution is -2.55. The Bertz CT molecular complexity index is 1950. The van der Waals surface area contributed by atoms with Crippen LogP contribution in [-0.4, -0.2) is 81.6 Å². The van der Waals surface area contributed by atoms with Crippen molar-refractivity contribution < 1.29 is 22.7 Å². The molecule has 0 bridgehead atoms. The standard InChI is InChI=1S/C34H31ClF3N7O2/c1-19(36)33(46)45-15-14-43(17-22(45)11-12-39)32-25-16-40-30(24-6-2-4-20-7-10-26(37)28(35)27(20)24)29(38)31(25)41-34(42-32)47-18-23-9-8-21-5-3-13-44(21)23/h2,4,6-7,10,16,21-23H,1,3,5,8-9,11,13-15,17-18H2/t21?,22-,23?/m0/s1. The van der Waals surface area contributed by atoms with E-state index in [0.717, 1.165) is 25.8 Å². The largest absolute Gasteiger partial charge is 0.462 e. The first-order valence-electron chi connectivity index (χ1n) is 15.6. The van der Waals surface area contributed by atoms with E-state index in [0.29, 0.717) is 34.8 Å². The molecule has 242 valence electrons. The molecule has 7 rings (SSSR count). The Balaban J connectivity index is 1.32. The van der Waals surface area contributed by atoms with Crippen molar-refractivity contribution in [2.75, 3.05) is 37.7 Å². The number of nitrogens with zero attached hydrogens (tertiary/aromatic N) is 7. The second kappa shape index (κ2) is 12.6. The predicted octanol–water partition coefficient (Wildman–Crippen LogP) is 6.20. The molecule has 47 heavy (non-hydrogen) atoms. The Hall–Kier alpha value is -4.47. The Kier molecular flexibility index (Phi) is 8.36. The fraction of sp³-hybridized carbons (Fsp3) is 0.382. The fourth-order valence-electron chi connectivity index (χ4n) is 7.32. The Morgan fingerprint density at radius 3 is 2.77 bits per heavy atom. The maximum absolute atomic E-state index is 16.7. The van der Waals surface area contributed by atoms with Crippen molar-refractivity contribution in [3.8, 4) is 23.3 Å². The van der Waals surface area contributed by atoms with Crippen molar-refractivity contribution in [1.29, 1.82) is 5.26 Å². The molecular formula is C34H31ClF3N7O2. The van der Waals surface area contributed by atoms with Gasteiger partial charge in [0.2, 0.25) is 0 Å². The lowest BCUT2D eigenvalue weighted by atomic mass is 10.0. The number of amides is 1. The monoisotopic (exact) mass is 661 g/mol. The summed E-state index contributed by atoms with van der Waals surface area (Å²) in [6, 6.07) is 10.0. The maximum atomic E-state index is 16.7.